The minimum atomic E-state index is -0.631. The molecule has 1 aliphatic heterocycles. The lowest BCUT2D eigenvalue weighted by Crippen LogP contribution is -2.48. The van der Waals surface area contributed by atoms with Crippen molar-refractivity contribution in [2.24, 2.45) is 11.5 Å². The highest BCUT2D eigenvalue weighted by molar-refractivity contribution is 6.03. The second-order valence-electron chi connectivity index (χ2n) is 4.67. The topological polar surface area (TPSA) is 98.7 Å². The Balaban J connectivity index is 2.47. The van der Waals surface area contributed by atoms with E-state index in [2.05, 4.69) is 0 Å². The van der Waals surface area contributed by atoms with Crippen LogP contribution in [0.1, 0.15) is 25.5 Å². The lowest BCUT2D eigenvalue weighted by atomic mass is 10.1. The van der Waals surface area contributed by atoms with Crippen molar-refractivity contribution < 1.29 is 14.3 Å². The largest absolute Gasteiger partial charge is 0.479 e. The summed E-state index contributed by atoms with van der Waals surface area (Å²) in [5, 5.41) is 0. The molecule has 6 nitrogen and oxygen atoms in total. The Bertz CT molecular complexity index is 528. The molecule has 0 radical (unpaired) electrons. The summed E-state index contributed by atoms with van der Waals surface area (Å²) in [6, 6.07) is 5.18. The van der Waals surface area contributed by atoms with Gasteiger partial charge in [-0.25, -0.2) is 0 Å². The molecule has 19 heavy (non-hydrogen) atoms. The number of carbonyl (C=O) groups is 2. The Morgan fingerprint density at radius 2 is 2.21 bits per heavy atom. The molecule has 0 spiro atoms. The predicted molar refractivity (Wildman–Crippen MR) is 70.7 cm³/mol. The zero-order valence-electron chi connectivity index (χ0n) is 10.9. The molecule has 0 saturated heterocycles. The summed E-state index contributed by atoms with van der Waals surface area (Å²) in [5.74, 6) is -0.300. The van der Waals surface area contributed by atoms with Gasteiger partial charge in [0.2, 0.25) is 5.91 Å². The first-order valence-corrected chi connectivity index (χ1v) is 6.06. The average molecular weight is 263 g/mol. The molecule has 0 aromatic heterocycles. The number of nitrogens with zero attached hydrogens (tertiary/aromatic N) is 1. The van der Waals surface area contributed by atoms with Gasteiger partial charge in [0.25, 0.3) is 5.91 Å². The van der Waals surface area contributed by atoms with Crippen molar-refractivity contribution in [1.82, 2.24) is 0 Å². The second kappa shape index (κ2) is 4.89. The maximum atomic E-state index is 12.1. The van der Waals surface area contributed by atoms with Crippen LogP contribution < -0.4 is 21.1 Å². The van der Waals surface area contributed by atoms with Crippen LogP contribution in [0.15, 0.2) is 18.2 Å². The Morgan fingerprint density at radius 3 is 2.79 bits per heavy atom. The van der Waals surface area contributed by atoms with Gasteiger partial charge in [-0.2, -0.15) is 0 Å². The van der Waals surface area contributed by atoms with Gasteiger partial charge in [-0.05, 0) is 31.5 Å². The van der Waals surface area contributed by atoms with Crippen molar-refractivity contribution >= 4 is 17.5 Å². The van der Waals surface area contributed by atoms with Crippen LogP contribution in [0.5, 0.6) is 5.75 Å². The lowest BCUT2D eigenvalue weighted by Gasteiger charge is -2.32. The minimum absolute atomic E-state index is 0.165. The number of amides is 2. The van der Waals surface area contributed by atoms with E-state index in [4.69, 9.17) is 16.2 Å². The monoisotopic (exact) mass is 263 g/mol. The Labute approximate surface area is 111 Å². The molecular weight excluding hydrogens is 246 g/mol. The van der Waals surface area contributed by atoms with E-state index < -0.39 is 12.0 Å². The quantitative estimate of drug-likeness (QED) is 0.819. The summed E-state index contributed by atoms with van der Waals surface area (Å²) >= 11 is 0. The molecule has 2 atom stereocenters. The minimum Gasteiger partial charge on any atom is -0.479 e. The number of nitrogens with two attached hydrogens (primary N) is 2. The third-order valence-electron chi connectivity index (χ3n) is 3.03. The van der Waals surface area contributed by atoms with Crippen molar-refractivity contribution in [1.29, 1.82) is 0 Å². The molecule has 0 fully saturated rings. The van der Waals surface area contributed by atoms with Gasteiger partial charge in [-0.3, -0.25) is 14.5 Å². The molecule has 1 aromatic carbocycles. The average Bonchev–Trinajstić information content (AvgIpc) is 2.34. The number of carbonyl (C=O) groups excluding carboxylic acids is 2. The SMILES string of the molecule is CC1Oc2ccc(C(C)N)cc2N(CC(N)=O)C1=O. The summed E-state index contributed by atoms with van der Waals surface area (Å²) in [6.07, 6.45) is -0.631. The normalized spacial score (nSPS) is 19.6. The smallest absolute Gasteiger partial charge is 0.268 e. The zero-order chi connectivity index (χ0) is 14.2. The van der Waals surface area contributed by atoms with Gasteiger partial charge >= 0.3 is 0 Å². The van der Waals surface area contributed by atoms with E-state index in [1.54, 1.807) is 19.1 Å². The van der Waals surface area contributed by atoms with Crippen LogP contribution in [0.4, 0.5) is 5.69 Å². The molecule has 102 valence electrons. The second-order valence-corrected chi connectivity index (χ2v) is 4.67. The van der Waals surface area contributed by atoms with Gasteiger partial charge in [0, 0.05) is 6.04 Å². The highest BCUT2D eigenvalue weighted by Crippen LogP contribution is 2.35. The summed E-state index contributed by atoms with van der Waals surface area (Å²) in [6.45, 7) is 3.31. The molecule has 0 saturated carbocycles. The molecule has 2 amide bonds. The van der Waals surface area contributed by atoms with Crippen LogP contribution in [0.25, 0.3) is 0 Å². The van der Waals surface area contributed by atoms with Gasteiger partial charge in [0.05, 0.1) is 5.69 Å². The number of anilines is 1. The molecule has 4 N–H and O–H groups in total. The highest BCUT2D eigenvalue weighted by Gasteiger charge is 2.32. The molecule has 6 heteroatoms. The summed E-state index contributed by atoms with van der Waals surface area (Å²) in [5.41, 5.74) is 12.4. The predicted octanol–water partition coefficient (Wildman–Crippen LogP) is 0.306. The van der Waals surface area contributed by atoms with Crippen molar-refractivity contribution in [2.45, 2.75) is 26.0 Å². The molecule has 0 aliphatic carbocycles. The first-order valence-electron chi connectivity index (χ1n) is 6.06. The summed E-state index contributed by atoms with van der Waals surface area (Å²) < 4.78 is 5.51. The molecule has 2 unspecified atom stereocenters. The number of benzene rings is 1. The van der Waals surface area contributed by atoms with Gasteiger partial charge < -0.3 is 16.2 Å². The first kappa shape index (κ1) is 13.4. The van der Waals surface area contributed by atoms with E-state index in [-0.39, 0.29) is 18.5 Å². The fraction of sp³-hybridized carbons (Fsp3) is 0.385. The third kappa shape index (κ3) is 2.53. The van der Waals surface area contributed by atoms with Gasteiger partial charge in [0.1, 0.15) is 12.3 Å². The van der Waals surface area contributed by atoms with E-state index in [0.29, 0.717) is 11.4 Å². The standard InChI is InChI=1S/C13H17N3O3/c1-7(14)9-3-4-11-10(5-9)16(6-12(15)17)13(18)8(2)19-11/h3-5,7-8H,6,14H2,1-2H3,(H2,15,17). The number of hydrogen-bond acceptors (Lipinski definition) is 4. The lowest BCUT2D eigenvalue weighted by molar-refractivity contribution is -0.127. The van der Waals surface area contributed by atoms with Gasteiger partial charge in [-0.15, -0.1) is 0 Å². The number of ether oxygens (including phenoxy) is 1. The van der Waals surface area contributed by atoms with Crippen molar-refractivity contribution in [3.63, 3.8) is 0 Å². The van der Waals surface area contributed by atoms with E-state index >= 15 is 0 Å². The Hall–Kier alpha value is -2.08. The van der Waals surface area contributed by atoms with Crippen molar-refractivity contribution in [3.8, 4) is 5.75 Å². The zero-order valence-corrected chi connectivity index (χ0v) is 10.9. The van der Waals surface area contributed by atoms with Crippen molar-refractivity contribution in [3.05, 3.63) is 23.8 Å². The van der Waals surface area contributed by atoms with E-state index in [0.717, 1.165) is 5.56 Å². The maximum absolute atomic E-state index is 12.1. The van der Waals surface area contributed by atoms with Crippen LogP contribution in [-0.4, -0.2) is 24.5 Å². The molecule has 0 bridgehead atoms. The van der Waals surface area contributed by atoms with Crippen LogP contribution in [-0.2, 0) is 9.59 Å². The van der Waals surface area contributed by atoms with Crippen LogP contribution >= 0.6 is 0 Å². The van der Waals surface area contributed by atoms with Crippen LogP contribution in [0, 0.1) is 0 Å². The first-order chi connectivity index (χ1) is 8.90. The van der Waals surface area contributed by atoms with E-state index in [1.807, 2.05) is 13.0 Å². The number of hydrogen-bond donors (Lipinski definition) is 2. The van der Waals surface area contributed by atoms with Crippen molar-refractivity contribution in [2.75, 3.05) is 11.4 Å². The maximum Gasteiger partial charge on any atom is 0.268 e. The van der Waals surface area contributed by atoms with Gasteiger partial charge in [-0.1, -0.05) is 6.07 Å². The fourth-order valence-electron chi connectivity index (χ4n) is 2.03. The molecule has 1 heterocycles. The molecular formula is C13H17N3O3. The molecule has 2 rings (SSSR count). The summed E-state index contributed by atoms with van der Waals surface area (Å²) in [7, 11) is 0. The van der Waals surface area contributed by atoms with E-state index in [1.165, 1.54) is 4.90 Å². The molecule has 1 aromatic rings. The third-order valence-corrected chi connectivity index (χ3v) is 3.03. The Morgan fingerprint density at radius 1 is 1.53 bits per heavy atom. The Kier molecular flexibility index (Phi) is 3.44. The summed E-state index contributed by atoms with van der Waals surface area (Å²) in [4.78, 5) is 24.5. The molecule has 1 aliphatic rings. The van der Waals surface area contributed by atoms with Gasteiger partial charge in [0.15, 0.2) is 6.10 Å². The van der Waals surface area contributed by atoms with Crippen LogP contribution in [0.3, 0.4) is 0 Å². The highest BCUT2D eigenvalue weighted by atomic mass is 16.5. The number of fused-ring (bicyclic) bond motifs is 1. The van der Waals surface area contributed by atoms with Crippen LogP contribution in [0.2, 0.25) is 0 Å². The van der Waals surface area contributed by atoms with E-state index in [9.17, 15) is 9.59 Å². The fourth-order valence-corrected chi connectivity index (χ4v) is 2.03. The number of rotatable bonds is 3. The number of primary amides is 1.